The lowest BCUT2D eigenvalue weighted by Crippen LogP contribution is -2.32. The Morgan fingerprint density at radius 1 is 1.20 bits per heavy atom. The van der Waals surface area contributed by atoms with Gasteiger partial charge in [0.15, 0.2) is 5.82 Å². The van der Waals surface area contributed by atoms with Gasteiger partial charge in [0, 0.05) is 24.1 Å². The second-order valence-corrected chi connectivity index (χ2v) is 6.72. The zero-order valence-electron chi connectivity index (χ0n) is 14.6. The number of anilines is 1. The average Bonchev–Trinajstić information content (AvgIpc) is 3.30. The van der Waals surface area contributed by atoms with E-state index in [0.717, 1.165) is 18.7 Å². The molecule has 7 nitrogen and oxygen atoms in total. The summed E-state index contributed by atoms with van der Waals surface area (Å²) < 4.78 is 5.37. The molecule has 2 N–H and O–H groups in total. The molecule has 132 valence electrons. The lowest BCUT2D eigenvalue weighted by atomic mass is 10.0. The minimum absolute atomic E-state index is 0.107. The highest BCUT2D eigenvalue weighted by atomic mass is 16.5. The Morgan fingerprint density at radius 2 is 1.88 bits per heavy atom. The van der Waals surface area contributed by atoms with E-state index in [1.165, 1.54) is 6.92 Å². The van der Waals surface area contributed by atoms with E-state index in [0.29, 0.717) is 23.1 Å². The summed E-state index contributed by atoms with van der Waals surface area (Å²) in [7, 11) is 0. The predicted molar refractivity (Wildman–Crippen MR) is 92.1 cm³/mol. The van der Waals surface area contributed by atoms with Crippen molar-refractivity contribution in [2.24, 2.45) is 5.92 Å². The molecular weight excluding hydrogens is 320 g/mol. The monoisotopic (exact) mass is 342 g/mol. The zero-order chi connectivity index (χ0) is 18.0. The van der Waals surface area contributed by atoms with E-state index in [-0.39, 0.29) is 23.8 Å². The van der Waals surface area contributed by atoms with Gasteiger partial charge in [-0.2, -0.15) is 4.98 Å². The maximum absolute atomic E-state index is 12.5. The molecule has 1 fully saturated rings. The number of aromatic nitrogens is 2. The number of nitrogens with zero attached hydrogens (tertiary/aromatic N) is 2. The molecule has 3 rings (SSSR count). The molecule has 1 atom stereocenters. The first-order valence-electron chi connectivity index (χ1n) is 8.46. The number of hydrogen-bond acceptors (Lipinski definition) is 5. The first kappa shape index (κ1) is 17.1. The molecule has 1 aliphatic carbocycles. The highest BCUT2D eigenvalue weighted by Gasteiger charge is 2.31. The highest BCUT2D eigenvalue weighted by molar-refractivity contribution is 5.95. The molecular formula is C18H22N4O3. The zero-order valence-corrected chi connectivity index (χ0v) is 14.6. The molecule has 0 spiro atoms. The Labute approximate surface area is 146 Å². The smallest absolute Gasteiger partial charge is 0.251 e. The molecule has 1 aromatic heterocycles. The van der Waals surface area contributed by atoms with Crippen LogP contribution in [0.15, 0.2) is 28.8 Å². The molecule has 0 aliphatic heterocycles. The Kier molecular flexibility index (Phi) is 4.83. The quantitative estimate of drug-likeness (QED) is 0.841. The van der Waals surface area contributed by atoms with E-state index in [4.69, 9.17) is 4.52 Å². The van der Waals surface area contributed by atoms with Gasteiger partial charge in [-0.15, -0.1) is 0 Å². The molecule has 1 saturated carbocycles. The molecule has 1 unspecified atom stereocenters. The number of carbonyl (C=O) groups excluding carboxylic acids is 2. The largest absolute Gasteiger partial charge is 0.340 e. The number of nitrogens with one attached hydrogen (secondary N) is 2. The third kappa shape index (κ3) is 4.23. The first-order valence-corrected chi connectivity index (χ1v) is 8.46. The summed E-state index contributed by atoms with van der Waals surface area (Å²) in [6.07, 6.45) is 2.19. The van der Waals surface area contributed by atoms with Gasteiger partial charge in [-0.25, -0.2) is 0 Å². The van der Waals surface area contributed by atoms with Crippen molar-refractivity contribution < 1.29 is 14.1 Å². The summed E-state index contributed by atoms with van der Waals surface area (Å²) in [5, 5.41) is 9.65. The third-order valence-electron chi connectivity index (χ3n) is 4.09. The van der Waals surface area contributed by atoms with Gasteiger partial charge in [0.05, 0.1) is 0 Å². The maximum atomic E-state index is 12.5. The molecule has 1 aromatic carbocycles. The van der Waals surface area contributed by atoms with E-state index < -0.39 is 0 Å². The SMILES string of the molecule is CC(=O)Nc1ccc(C(=O)NC(c2nc(C3CC3)no2)C(C)C)cc1. The summed E-state index contributed by atoms with van der Waals surface area (Å²) in [6, 6.07) is 6.38. The molecule has 2 aromatic rings. The standard InChI is InChI=1S/C18H22N4O3/c1-10(2)15(18-21-16(22-25-18)12-4-5-12)20-17(24)13-6-8-14(9-7-13)19-11(3)23/h6-10,12,15H,4-5H2,1-3H3,(H,19,23)(H,20,24). The van der Waals surface area contributed by atoms with Crippen molar-refractivity contribution in [1.29, 1.82) is 0 Å². The van der Waals surface area contributed by atoms with Gasteiger partial charge in [-0.1, -0.05) is 19.0 Å². The van der Waals surface area contributed by atoms with Crippen LogP contribution in [0.4, 0.5) is 5.69 Å². The number of hydrogen-bond donors (Lipinski definition) is 2. The molecule has 7 heteroatoms. The van der Waals surface area contributed by atoms with E-state index in [1.807, 2.05) is 13.8 Å². The van der Waals surface area contributed by atoms with Crippen LogP contribution < -0.4 is 10.6 Å². The van der Waals surface area contributed by atoms with Crippen LogP contribution in [0.2, 0.25) is 0 Å². The fraction of sp³-hybridized carbons (Fsp3) is 0.444. The molecule has 0 bridgehead atoms. The summed E-state index contributed by atoms with van der Waals surface area (Å²) in [4.78, 5) is 28.0. The Morgan fingerprint density at radius 3 is 2.44 bits per heavy atom. The van der Waals surface area contributed by atoms with Crippen LogP contribution >= 0.6 is 0 Å². The van der Waals surface area contributed by atoms with Crippen LogP contribution in [-0.4, -0.2) is 22.0 Å². The van der Waals surface area contributed by atoms with Crippen molar-refractivity contribution in [3.63, 3.8) is 0 Å². The molecule has 1 heterocycles. The van der Waals surface area contributed by atoms with Crippen LogP contribution in [0.5, 0.6) is 0 Å². The number of rotatable bonds is 6. The van der Waals surface area contributed by atoms with Crippen molar-refractivity contribution in [1.82, 2.24) is 15.5 Å². The van der Waals surface area contributed by atoms with Crippen LogP contribution in [0.1, 0.15) is 67.6 Å². The first-order chi connectivity index (χ1) is 11.9. The normalized spacial score (nSPS) is 15.0. The van der Waals surface area contributed by atoms with E-state index in [1.54, 1.807) is 24.3 Å². The van der Waals surface area contributed by atoms with Crippen LogP contribution in [-0.2, 0) is 4.79 Å². The van der Waals surface area contributed by atoms with E-state index in [2.05, 4.69) is 20.8 Å². The van der Waals surface area contributed by atoms with Crippen LogP contribution in [0.3, 0.4) is 0 Å². The second-order valence-electron chi connectivity index (χ2n) is 6.72. The molecule has 0 radical (unpaired) electrons. The van der Waals surface area contributed by atoms with Gasteiger partial charge in [0.25, 0.3) is 5.91 Å². The average molecular weight is 342 g/mol. The number of amides is 2. The third-order valence-corrected chi connectivity index (χ3v) is 4.09. The van der Waals surface area contributed by atoms with Gasteiger partial charge < -0.3 is 15.2 Å². The highest BCUT2D eigenvalue weighted by Crippen LogP contribution is 2.38. The summed E-state index contributed by atoms with van der Waals surface area (Å²) in [5.41, 5.74) is 1.15. The molecule has 25 heavy (non-hydrogen) atoms. The molecule has 1 aliphatic rings. The minimum atomic E-state index is -0.345. The van der Waals surface area contributed by atoms with Gasteiger partial charge >= 0.3 is 0 Å². The predicted octanol–water partition coefficient (Wildman–Crippen LogP) is 3.03. The lowest BCUT2D eigenvalue weighted by molar-refractivity contribution is -0.114. The van der Waals surface area contributed by atoms with Crippen LogP contribution in [0.25, 0.3) is 0 Å². The van der Waals surface area contributed by atoms with E-state index >= 15 is 0 Å². The Hall–Kier alpha value is -2.70. The van der Waals surface area contributed by atoms with Gasteiger partial charge in [-0.3, -0.25) is 9.59 Å². The van der Waals surface area contributed by atoms with Crippen molar-refractivity contribution in [2.75, 3.05) is 5.32 Å². The van der Waals surface area contributed by atoms with Gasteiger partial charge in [-0.05, 0) is 43.0 Å². The van der Waals surface area contributed by atoms with Crippen molar-refractivity contribution in [3.05, 3.63) is 41.5 Å². The number of carbonyl (C=O) groups is 2. The Balaban J connectivity index is 1.70. The van der Waals surface area contributed by atoms with Crippen molar-refractivity contribution in [3.8, 4) is 0 Å². The summed E-state index contributed by atoms with van der Waals surface area (Å²) in [5.74, 6) is 1.31. The topological polar surface area (TPSA) is 97.1 Å². The second kappa shape index (κ2) is 7.04. The Bertz CT molecular complexity index is 763. The van der Waals surface area contributed by atoms with Gasteiger partial charge in [0.1, 0.15) is 6.04 Å². The molecule has 0 saturated heterocycles. The van der Waals surface area contributed by atoms with Crippen molar-refractivity contribution >= 4 is 17.5 Å². The fourth-order valence-electron chi connectivity index (χ4n) is 2.53. The number of benzene rings is 1. The fourth-order valence-corrected chi connectivity index (χ4v) is 2.53. The summed E-state index contributed by atoms with van der Waals surface area (Å²) >= 11 is 0. The summed E-state index contributed by atoms with van der Waals surface area (Å²) in [6.45, 7) is 5.42. The van der Waals surface area contributed by atoms with E-state index in [9.17, 15) is 9.59 Å². The van der Waals surface area contributed by atoms with Gasteiger partial charge in [0.2, 0.25) is 11.8 Å². The van der Waals surface area contributed by atoms with Crippen LogP contribution in [0, 0.1) is 5.92 Å². The minimum Gasteiger partial charge on any atom is -0.340 e. The van der Waals surface area contributed by atoms with Crippen molar-refractivity contribution in [2.45, 2.75) is 45.6 Å². The molecule has 2 amide bonds. The maximum Gasteiger partial charge on any atom is 0.251 e. The lowest BCUT2D eigenvalue weighted by Gasteiger charge is -2.18.